The van der Waals surface area contributed by atoms with E-state index in [1.807, 2.05) is 0 Å². The highest BCUT2D eigenvalue weighted by atomic mass is 16.4. The predicted octanol–water partition coefficient (Wildman–Crippen LogP) is -2.19. The first kappa shape index (κ1) is 12.2. The molecule has 0 saturated carbocycles. The summed E-state index contributed by atoms with van der Waals surface area (Å²) in [6.45, 7) is -2.02. The number of aliphatic hydroxyl groups excluding tert-OH is 5. The van der Waals surface area contributed by atoms with Crippen molar-refractivity contribution in [1.82, 2.24) is 0 Å². The molecule has 2 unspecified atom stereocenters. The summed E-state index contributed by atoms with van der Waals surface area (Å²) in [4.78, 5) is 0. The van der Waals surface area contributed by atoms with E-state index in [2.05, 4.69) is 0 Å². The van der Waals surface area contributed by atoms with Gasteiger partial charge >= 0.3 is 0 Å². The van der Waals surface area contributed by atoms with Crippen LogP contribution in [0, 0.1) is 0 Å². The van der Waals surface area contributed by atoms with E-state index in [-0.39, 0.29) is 11.1 Å². The van der Waals surface area contributed by atoms with Gasteiger partial charge in [0, 0.05) is 5.57 Å². The van der Waals surface area contributed by atoms with Gasteiger partial charge in [-0.15, -0.1) is 0 Å². The van der Waals surface area contributed by atoms with Gasteiger partial charge in [-0.05, 0) is 11.6 Å². The van der Waals surface area contributed by atoms with E-state index in [0.29, 0.717) is 0 Å². The fourth-order valence-electron chi connectivity index (χ4n) is 1.50. The first-order chi connectivity index (χ1) is 7.01. The van der Waals surface area contributed by atoms with Gasteiger partial charge in [-0.3, -0.25) is 0 Å². The van der Waals surface area contributed by atoms with Crippen molar-refractivity contribution >= 4 is 0 Å². The quantitative estimate of drug-likeness (QED) is 0.320. The van der Waals surface area contributed by atoms with Crippen LogP contribution in [-0.4, -0.2) is 62.2 Å². The van der Waals surface area contributed by atoms with E-state index >= 15 is 0 Å². The molecule has 86 valence electrons. The largest absolute Gasteiger partial charge is 0.509 e. The van der Waals surface area contributed by atoms with Crippen LogP contribution < -0.4 is 0 Å². The molecule has 1 aliphatic rings. The number of aliphatic hydroxyl groups is 6. The van der Waals surface area contributed by atoms with Gasteiger partial charge in [0.2, 0.25) is 0 Å². The summed E-state index contributed by atoms with van der Waals surface area (Å²) in [5.74, 6) is -0.683. The van der Waals surface area contributed by atoms with Gasteiger partial charge < -0.3 is 30.6 Å². The Morgan fingerprint density at radius 3 is 2.20 bits per heavy atom. The third-order valence-electron chi connectivity index (χ3n) is 2.47. The fourth-order valence-corrected chi connectivity index (χ4v) is 1.50. The van der Waals surface area contributed by atoms with Crippen molar-refractivity contribution in [2.75, 3.05) is 19.8 Å². The SMILES string of the molecule is OCC1=CC(CO)=C(O)C(O)(CO)C1O. The molecular formula is C9H14O6. The highest BCUT2D eigenvalue weighted by molar-refractivity contribution is 5.40. The minimum Gasteiger partial charge on any atom is -0.509 e. The standard InChI is InChI=1S/C9H14O6/c10-2-5-1-6(3-11)8(14)9(15,4-12)7(5)13/h1,7,10-15H,2-4H2. The van der Waals surface area contributed by atoms with Gasteiger partial charge in [0.15, 0.2) is 5.60 Å². The van der Waals surface area contributed by atoms with Crippen LogP contribution in [0.25, 0.3) is 0 Å². The van der Waals surface area contributed by atoms with Crippen molar-refractivity contribution in [3.63, 3.8) is 0 Å². The van der Waals surface area contributed by atoms with E-state index in [4.69, 9.17) is 15.3 Å². The van der Waals surface area contributed by atoms with Gasteiger partial charge in [-0.2, -0.15) is 0 Å². The van der Waals surface area contributed by atoms with Crippen LogP contribution in [0.2, 0.25) is 0 Å². The van der Waals surface area contributed by atoms with Gasteiger partial charge in [0.05, 0.1) is 19.8 Å². The van der Waals surface area contributed by atoms with Crippen LogP contribution in [0.3, 0.4) is 0 Å². The van der Waals surface area contributed by atoms with E-state index in [1.54, 1.807) is 0 Å². The Bertz CT molecular complexity index is 308. The Hall–Kier alpha value is -0.920. The molecular weight excluding hydrogens is 204 g/mol. The van der Waals surface area contributed by atoms with Crippen LogP contribution in [0.1, 0.15) is 0 Å². The summed E-state index contributed by atoms with van der Waals surface area (Å²) in [5.41, 5.74) is -2.28. The van der Waals surface area contributed by atoms with E-state index in [9.17, 15) is 15.3 Å². The summed E-state index contributed by atoms with van der Waals surface area (Å²) in [6, 6.07) is 0. The summed E-state index contributed by atoms with van der Waals surface area (Å²) in [7, 11) is 0. The van der Waals surface area contributed by atoms with Crippen molar-refractivity contribution in [3.8, 4) is 0 Å². The number of hydrogen-bond donors (Lipinski definition) is 6. The molecule has 15 heavy (non-hydrogen) atoms. The monoisotopic (exact) mass is 218 g/mol. The highest BCUT2D eigenvalue weighted by Crippen LogP contribution is 2.31. The molecule has 2 atom stereocenters. The van der Waals surface area contributed by atoms with Gasteiger partial charge in [-0.1, -0.05) is 0 Å². The molecule has 0 aromatic carbocycles. The molecule has 0 saturated heterocycles. The van der Waals surface area contributed by atoms with Crippen LogP contribution in [0.5, 0.6) is 0 Å². The average molecular weight is 218 g/mol. The van der Waals surface area contributed by atoms with E-state index < -0.39 is 37.3 Å². The van der Waals surface area contributed by atoms with Crippen molar-refractivity contribution in [3.05, 3.63) is 23.0 Å². The predicted molar refractivity (Wildman–Crippen MR) is 50.0 cm³/mol. The second-order valence-electron chi connectivity index (χ2n) is 3.39. The minimum atomic E-state index is -2.26. The topological polar surface area (TPSA) is 121 Å². The van der Waals surface area contributed by atoms with E-state index in [1.165, 1.54) is 6.08 Å². The highest BCUT2D eigenvalue weighted by Gasteiger charge is 2.45. The Morgan fingerprint density at radius 1 is 1.20 bits per heavy atom. The average Bonchev–Trinajstić information content (AvgIpc) is 2.26. The summed E-state index contributed by atoms with van der Waals surface area (Å²) in [6.07, 6.45) is -0.410. The normalized spacial score (nSPS) is 31.8. The maximum atomic E-state index is 9.75. The molecule has 1 rings (SSSR count). The maximum Gasteiger partial charge on any atom is 0.174 e. The third kappa shape index (κ3) is 1.77. The Kier molecular flexibility index (Phi) is 3.48. The summed E-state index contributed by atoms with van der Waals surface area (Å²) in [5, 5.41) is 55.5. The lowest BCUT2D eigenvalue weighted by Crippen LogP contribution is -2.51. The molecule has 0 bridgehead atoms. The molecule has 0 aromatic rings. The minimum absolute atomic E-state index is 0.0217. The fraction of sp³-hybridized carbons (Fsp3) is 0.556. The smallest absolute Gasteiger partial charge is 0.174 e. The van der Waals surface area contributed by atoms with E-state index in [0.717, 1.165) is 0 Å². The summed E-state index contributed by atoms with van der Waals surface area (Å²) >= 11 is 0. The lowest BCUT2D eigenvalue weighted by Gasteiger charge is -2.35. The first-order valence-electron chi connectivity index (χ1n) is 4.37. The molecule has 6 nitrogen and oxygen atoms in total. The molecule has 0 spiro atoms. The van der Waals surface area contributed by atoms with Crippen molar-refractivity contribution < 1.29 is 30.6 Å². The van der Waals surface area contributed by atoms with Crippen LogP contribution in [0.4, 0.5) is 0 Å². The third-order valence-corrected chi connectivity index (χ3v) is 2.47. The molecule has 6 N–H and O–H groups in total. The Labute approximate surface area is 86.0 Å². The molecule has 0 fully saturated rings. The zero-order valence-corrected chi connectivity index (χ0v) is 7.96. The Balaban J connectivity index is 3.23. The molecule has 0 amide bonds. The lowest BCUT2D eigenvalue weighted by molar-refractivity contribution is -0.0915. The van der Waals surface area contributed by atoms with Crippen molar-refractivity contribution in [2.24, 2.45) is 0 Å². The first-order valence-corrected chi connectivity index (χ1v) is 4.37. The molecule has 0 aliphatic heterocycles. The molecule has 0 aromatic heterocycles. The van der Waals surface area contributed by atoms with Crippen LogP contribution >= 0.6 is 0 Å². The van der Waals surface area contributed by atoms with Gasteiger partial charge in [0.25, 0.3) is 0 Å². The maximum absolute atomic E-state index is 9.75. The van der Waals surface area contributed by atoms with Gasteiger partial charge in [0.1, 0.15) is 11.9 Å². The zero-order chi connectivity index (χ0) is 11.6. The number of rotatable bonds is 3. The van der Waals surface area contributed by atoms with Crippen molar-refractivity contribution in [1.29, 1.82) is 0 Å². The second-order valence-corrected chi connectivity index (χ2v) is 3.39. The van der Waals surface area contributed by atoms with Gasteiger partial charge in [-0.25, -0.2) is 0 Å². The summed E-state index contributed by atoms with van der Waals surface area (Å²) < 4.78 is 0. The van der Waals surface area contributed by atoms with Crippen LogP contribution in [-0.2, 0) is 0 Å². The Morgan fingerprint density at radius 2 is 1.80 bits per heavy atom. The number of hydrogen-bond acceptors (Lipinski definition) is 6. The molecule has 0 heterocycles. The molecule has 6 heteroatoms. The zero-order valence-electron chi connectivity index (χ0n) is 7.96. The lowest BCUT2D eigenvalue weighted by atomic mass is 9.82. The second kappa shape index (κ2) is 4.30. The van der Waals surface area contributed by atoms with Crippen LogP contribution in [0.15, 0.2) is 23.0 Å². The molecule has 0 radical (unpaired) electrons. The molecule has 1 aliphatic carbocycles. The van der Waals surface area contributed by atoms with Crippen molar-refractivity contribution in [2.45, 2.75) is 11.7 Å².